The maximum atomic E-state index is 5.20. The van der Waals surface area contributed by atoms with E-state index in [1.54, 1.807) is 14.2 Å². The van der Waals surface area contributed by atoms with Crippen molar-refractivity contribution in [3.8, 4) is 11.9 Å². The highest BCUT2D eigenvalue weighted by atomic mass is 16.5. The maximum Gasteiger partial charge on any atom is 0.319 e. The number of hydrogen-bond donors (Lipinski definition) is 0. The molecule has 1 rings (SSSR count). The van der Waals surface area contributed by atoms with Crippen LogP contribution in [0, 0.1) is 6.92 Å². The number of aryl methyl sites for hydroxylation is 1. The average molecular weight is 196 g/mol. The second-order valence-electron chi connectivity index (χ2n) is 3.37. The van der Waals surface area contributed by atoms with Crippen LogP contribution < -0.4 is 9.47 Å². The van der Waals surface area contributed by atoms with Crippen LogP contribution in [0.2, 0.25) is 0 Å². The fourth-order valence-corrected chi connectivity index (χ4v) is 1.44. The van der Waals surface area contributed by atoms with Crippen molar-refractivity contribution < 1.29 is 9.47 Å². The lowest BCUT2D eigenvalue weighted by molar-refractivity contribution is 0.346. The van der Waals surface area contributed by atoms with Crippen molar-refractivity contribution in [1.29, 1.82) is 0 Å². The number of hydrogen-bond acceptors (Lipinski definition) is 4. The predicted octanol–water partition coefficient (Wildman–Crippen LogP) is 1.93. The van der Waals surface area contributed by atoms with E-state index in [1.165, 1.54) is 0 Å². The van der Waals surface area contributed by atoms with Crippen molar-refractivity contribution in [2.45, 2.75) is 26.7 Å². The molecule has 1 aromatic heterocycles. The molecule has 78 valence electrons. The van der Waals surface area contributed by atoms with Crippen LogP contribution in [-0.4, -0.2) is 24.2 Å². The summed E-state index contributed by atoms with van der Waals surface area (Å²) in [6.45, 7) is 6.10. The summed E-state index contributed by atoms with van der Waals surface area (Å²) in [5, 5.41) is 0. The Morgan fingerprint density at radius 1 is 1.07 bits per heavy atom. The Balaban J connectivity index is 3.27. The zero-order chi connectivity index (χ0) is 10.7. The molecule has 0 aliphatic heterocycles. The lowest BCUT2D eigenvalue weighted by Gasteiger charge is -2.13. The van der Waals surface area contributed by atoms with Crippen molar-refractivity contribution >= 4 is 0 Å². The molecule has 0 spiro atoms. The van der Waals surface area contributed by atoms with Crippen molar-refractivity contribution in [3.63, 3.8) is 0 Å². The molecule has 0 fully saturated rings. The number of nitrogens with zero attached hydrogens (tertiary/aromatic N) is 2. The molecule has 0 aromatic carbocycles. The second kappa shape index (κ2) is 4.26. The molecule has 0 saturated carbocycles. The van der Waals surface area contributed by atoms with Crippen LogP contribution >= 0.6 is 0 Å². The van der Waals surface area contributed by atoms with Crippen LogP contribution in [0.3, 0.4) is 0 Å². The van der Waals surface area contributed by atoms with Gasteiger partial charge in [-0.25, -0.2) is 4.98 Å². The summed E-state index contributed by atoms with van der Waals surface area (Å²) < 4.78 is 10.2. The fraction of sp³-hybridized carbons (Fsp3) is 0.600. The van der Waals surface area contributed by atoms with E-state index in [4.69, 9.17) is 9.47 Å². The highest BCUT2D eigenvalue weighted by Crippen LogP contribution is 2.28. The Hall–Kier alpha value is -1.32. The molecular formula is C10H16N2O2. The highest BCUT2D eigenvalue weighted by molar-refractivity contribution is 5.34. The molecule has 4 heteroatoms. The standard InChI is InChI=1S/C10H16N2O2/c1-6(2)8-7(3)11-10(14-5)12-9(8)13-4/h6H,1-5H3. The van der Waals surface area contributed by atoms with Gasteiger partial charge in [0.15, 0.2) is 0 Å². The first-order valence-corrected chi connectivity index (χ1v) is 4.56. The molecule has 0 saturated heterocycles. The molecule has 4 nitrogen and oxygen atoms in total. The molecule has 0 atom stereocenters. The topological polar surface area (TPSA) is 44.2 Å². The first-order valence-electron chi connectivity index (χ1n) is 4.56. The average Bonchev–Trinajstić information content (AvgIpc) is 2.15. The van der Waals surface area contributed by atoms with Gasteiger partial charge in [0.05, 0.1) is 19.9 Å². The van der Waals surface area contributed by atoms with Crippen molar-refractivity contribution in [1.82, 2.24) is 9.97 Å². The van der Waals surface area contributed by atoms with Crippen molar-refractivity contribution in [3.05, 3.63) is 11.3 Å². The van der Waals surface area contributed by atoms with Gasteiger partial charge in [-0.1, -0.05) is 13.8 Å². The third kappa shape index (κ3) is 1.95. The van der Waals surface area contributed by atoms with E-state index < -0.39 is 0 Å². The van der Waals surface area contributed by atoms with Gasteiger partial charge in [0.1, 0.15) is 0 Å². The van der Waals surface area contributed by atoms with Crippen LogP contribution in [0.25, 0.3) is 0 Å². The van der Waals surface area contributed by atoms with Gasteiger partial charge in [0.25, 0.3) is 0 Å². The monoisotopic (exact) mass is 196 g/mol. The van der Waals surface area contributed by atoms with E-state index in [-0.39, 0.29) is 0 Å². The molecule has 0 amide bonds. The van der Waals surface area contributed by atoms with Gasteiger partial charge in [-0.2, -0.15) is 4.98 Å². The Kier molecular flexibility index (Phi) is 3.28. The van der Waals surface area contributed by atoms with Gasteiger partial charge in [0, 0.05) is 5.56 Å². The van der Waals surface area contributed by atoms with Gasteiger partial charge in [0.2, 0.25) is 5.88 Å². The Labute approximate surface area is 84.3 Å². The molecule has 0 N–H and O–H groups in total. The molecular weight excluding hydrogens is 180 g/mol. The van der Waals surface area contributed by atoms with Gasteiger partial charge in [-0.05, 0) is 12.8 Å². The third-order valence-corrected chi connectivity index (χ3v) is 2.03. The highest BCUT2D eigenvalue weighted by Gasteiger charge is 2.15. The van der Waals surface area contributed by atoms with Gasteiger partial charge in [-0.15, -0.1) is 0 Å². The summed E-state index contributed by atoms with van der Waals surface area (Å²) in [4.78, 5) is 8.34. The van der Waals surface area contributed by atoms with E-state index in [0.29, 0.717) is 17.8 Å². The summed E-state index contributed by atoms with van der Waals surface area (Å²) in [6, 6.07) is 0.351. The third-order valence-electron chi connectivity index (χ3n) is 2.03. The van der Waals surface area contributed by atoms with Crippen molar-refractivity contribution in [2.75, 3.05) is 14.2 Å². The minimum Gasteiger partial charge on any atom is -0.481 e. The van der Waals surface area contributed by atoms with Crippen molar-refractivity contribution in [2.24, 2.45) is 0 Å². The first kappa shape index (κ1) is 10.8. The summed E-state index contributed by atoms with van der Waals surface area (Å²) in [6.07, 6.45) is 0. The van der Waals surface area contributed by atoms with Gasteiger partial charge in [-0.3, -0.25) is 0 Å². The molecule has 1 aromatic rings. The summed E-state index contributed by atoms with van der Waals surface area (Å²) in [5.74, 6) is 0.945. The number of ether oxygens (including phenoxy) is 2. The first-order chi connectivity index (χ1) is 6.60. The lowest BCUT2D eigenvalue weighted by atomic mass is 10.0. The van der Waals surface area contributed by atoms with E-state index >= 15 is 0 Å². The molecule has 0 radical (unpaired) electrons. The number of rotatable bonds is 3. The van der Waals surface area contributed by atoms with Crippen LogP contribution in [0.5, 0.6) is 11.9 Å². The molecule has 14 heavy (non-hydrogen) atoms. The largest absolute Gasteiger partial charge is 0.481 e. The summed E-state index contributed by atoms with van der Waals surface area (Å²) in [7, 11) is 3.15. The van der Waals surface area contributed by atoms with E-state index in [0.717, 1.165) is 11.3 Å². The van der Waals surface area contributed by atoms with Crippen LogP contribution in [0.1, 0.15) is 31.0 Å². The zero-order valence-electron chi connectivity index (χ0n) is 9.29. The van der Waals surface area contributed by atoms with Crippen LogP contribution in [-0.2, 0) is 0 Å². The molecule has 0 aliphatic carbocycles. The zero-order valence-corrected chi connectivity index (χ0v) is 9.29. The lowest BCUT2D eigenvalue weighted by Crippen LogP contribution is -2.04. The number of methoxy groups -OCH3 is 2. The number of aromatic nitrogens is 2. The molecule has 0 unspecified atom stereocenters. The van der Waals surface area contributed by atoms with Crippen LogP contribution in [0.4, 0.5) is 0 Å². The second-order valence-corrected chi connectivity index (χ2v) is 3.37. The maximum absolute atomic E-state index is 5.20. The van der Waals surface area contributed by atoms with E-state index in [9.17, 15) is 0 Å². The summed E-state index contributed by atoms with van der Waals surface area (Å²) in [5.41, 5.74) is 1.94. The molecule has 0 aliphatic rings. The Morgan fingerprint density at radius 2 is 1.71 bits per heavy atom. The smallest absolute Gasteiger partial charge is 0.319 e. The molecule has 0 bridgehead atoms. The SMILES string of the molecule is COc1nc(C)c(C(C)C)c(OC)n1. The predicted molar refractivity (Wildman–Crippen MR) is 54.0 cm³/mol. The normalized spacial score (nSPS) is 10.4. The van der Waals surface area contributed by atoms with E-state index in [2.05, 4.69) is 23.8 Å². The summed E-state index contributed by atoms with van der Waals surface area (Å²) >= 11 is 0. The minimum atomic E-state index is 0.343. The minimum absolute atomic E-state index is 0.343. The fourth-order valence-electron chi connectivity index (χ4n) is 1.44. The Morgan fingerprint density at radius 3 is 2.14 bits per heavy atom. The Bertz CT molecular complexity index is 324. The van der Waals surface area contributed by atoms with E-state index in [1.807, 2.05) is 6.92 Å². The molecule has 1 heterocycles. The van der Waals surface area contributed by atoms with Crippen LogP contribution in [0.15, 0.2) is 0 Å². The quantitative estimate of drug-likeness (QED) is 0.741. The van der Waals surface area contributed by atoms with Gasteiger partial charge >= 0.3 is 6.01 Å². The van der Waals surface area contributed by atoms with Gasteiger partial charge < -0.3 is 9.47 Å².